The monoisotopic (exact) mass is 437 g/mol. The molecule has 1 rings (SSSR count). The standard InChI is InChI=1S/C17H43NO4Si4/c1-17-15-18(2)25(10,16-17)13-11-23(6,7)22-24(8,9)12-14-26(19-3,20-4)21-5/h17H,11-16H2,1-10H3. The molecule has 0 aliphatic carbocycles. The summed E-state index contributed by atoms with van der Waals surface area (Å²) in [6.07, 6.45) is 0. The molecular weight excluding hydrogens is 395 g/mol. The summed E-state index contributed by atoms with van der Waals surface area (Å²) in [5, 5.41) is 0. The van der Waals surface area contributed by atoms with Crippen molar-refractivity contribution in [2.24, 2.45) is 5.92 Å². The van der Waals surface area contributed by atoms with Crippen molar-refractivity contribution in [2.45, 2.75) is 69.9 Å². The van der Waals surface area contributed by atoms with Crippen molar-refractivity contribution in [1.29, 1.82) is 0 Å². The zero-order valence-corrected chi connectivity index (χ0v) is 22.9. The molecule has 0 N–H and O–H groups in total. The first kappa shape index (κ1) is 24.7. The van der Waals surface area contributed by atoms with E-state index in [1.165, 1.54) is 24.7 Å². The molecule has 2 unspecified atom stereocenters. The summed E-state index contributed by atoms with van der Waals surface area (Å²) in [5.41, 5.74) is 0. The van der Waals surface area contributed by atoms with E-state index in [1.54, 1.807) is 21.3 Å². The molecule has 1 fully saturated rings. The topological polar surface area (TPSA) is 40.2 Å². The number of hydrogen-bond acceptors (Lipinski definition) is 5. The molecular formula is C17H43NO4Si4. The Morgan fingerprint density at radius 2 is 1.42 bits per heavy atom. The zero-order valence-electron chi connectivity index (χ0n) is 18.9. The van der Waals surface area contributed by atoms with Gasteiger partial charge in [-0.3, -0.25) is 0 Å². The summed E-state index contributed by atoms with van der Waals surface area (Å²) in [5.74, 6) is 0.864. The molecule has 1 heterocycles. The van der Waals surface area contributed by atoms with E-state index in [0.29, 0.717) is 0 Å². The van der Waals surface area contributed by atoms with Crippen LogP contribution in [0.5, 0.6) is 0 Å². The minimum atomic E-state index is -2.50. The lowest BCUT2D eigenvalue weighted by atomic mass is 10.2. The highest BCUT2D eigenvalue weighted by Gasteiger charge is 2.44. The lowest BCUT2D eigenvalue weighted by Gasteiger charge is -2.38. The minimum absolute atomic E-state index is 0.840. The maximum Gasteiger partial charge on any atom is 0.499 e. The van der Waals surface area contributed by atoms with E-state index in [-0.39, 0.29) is 0 Å². The lowest BCUT2D eigenvalue weighted by Crippen LogP contribution is -2.50. The Morgan fingerprint density at radius 3 is 1.85 bits per heavy atom. The molecule has 26 heavy (non-hydrogen) atoms. The average Bonchev–Trinajstić information content (AvgIpc) is 2.79. The third-order valence-electron chi connectivity index (χ3n) is 6.08. The Labute approximate surface area is 166 Å². The predicted molar refractivity (Wildman–Crippen MR) is 120 cm³/mol. The van der Waals surface area contributed by atoms with Crippen molar-refractivity contribution < 1.29 is 17.4 Å². The van der Waals surface area contributed by atoms with Gasteiger partial charge in [-0.25, -0.2) is 0 Å². The van der Waals surface area contributed by atoms with Gasteiger partial charge in [0, 0.05) is 27.4 Å². The van der Waals surface area contributed by atoms with Crippen LogP contribution < -0.4 is 0 Å². The predicted octanol–water partition coefficient (Wildman–Crippen LogP) is 4.45. The summed E-state index contributed by atoms with van der Waals surface area (Å²) >= 11 is 0. The van der Waals surface area contributed by atoms with Crippen molar-refractivity contribution >= 4 is 33.7 Å². The van der Waals surface area contributed by atoms with Crippen molar-refractivity contribution in [3.8, 4) is 0 Å². The van der Waals surface area contributed by atoms with Gasteiger partial charge < -0.3 is 22.0 Å². The molecule has 0 aromatic rings. The Bertz CT molecular complexity index is 440. The molecule has 9 heteroatoms. The van der Waals surface area contributed by atoms with Gasteiger partial charge in [-0.1, -0.05) is 13.5 Å². The molecule has 0 bridgehead atoms. The molecule has 5 nitrogen and oxygen atoms in total. The summed E-state index contributed by atoms with van der Waals surface area (Å²) in [6, 6.07) is 5.97. The number of hydrogen-bond donors (Lipinski definition) is 0. The second kappa shape index (κ2) is 9.44. The van der Waals surface area contributed by atoms with E-state index in [2.05, 4.69) is 51.3 Å². The van der Waals surface area contributed by atoms with Crippen molar-refractivity contribution in [3.05, 3.63) is 0 Å². The summed E-state index contributed by atoms with van der Waals surface area (Å²) in [4.78, 5) is 0. The van der Waals surface area contributed by atoms with Crippen LogP contribution in [0.3, 0.4) is 0 Å². The van der Waals surface area contributed by atoms with Gasteiger partial charge in [0.1, 0.15) is 8.24 Å². The van der Waals surface area contributed by atoms with E-state index in [1.807, 2.05) is 0 Å². The fraction of sp³-hybridized carbons (Fsp3) is 1.00. The Balaban J connectivity index is 2.61. The second-order valence-corrected chi connectivity index (χ2v) is 26.2. The van der Waals surface area contributed by atoms with Crippen LogP contribution in [0, 0.1) is 5.92 Å². The van der Waals surface area contributed by atoms with Gasteiger partial charge in [-0.05, 0) is 69.9 Å². The van der Waals surface area contributed by atoms with Gasteiger partial charge in [0.15, 0.2) is 16.6 Å². The van der Waals surface area contributed by atoms with Gasteiger partial charge in [0.25, 0.3) is 0 Å². The number of nitrogens with zero attached hydrogens (tertiary/aromatic N) is 1. The van der Waals surface area contributed by atoms with Gasteiger partial charge in [-0.2, -0.15) is 0 Å². The normalized spacial score (nSPS) is 25.8. The smallest absolute Gasteiger partial charge is 0.456 e. The Kier molecular flexibility index (Phi) is 8.97. The fourth-order valence-electron chi connectivity index (χ4n) is 4.38. The van der Waals surface area contributed by atoms with Crippen LogP contribution in [0.4, 0.5) is 0 Å². The van der Waals surface area contributed by atoms with Crippen LogP contribution >= 0.6 is 0 Å². The van der Waals surface area contributed by atoms with Crippen molar-refractivity contribution in [1.82, 2.24) is 4.57 Å². The van der Waals surface area contributed by atoms with E-state index < -0.39 is 33.7 Å². The molecule has 1 aliphatic heterocycles. The van der Waals surface area contributed by atoms with Crippen LogP contribution in [0.1, 0.15) is 6.92 Å². The average molecular weight is 438 g/mol. The van der Waals surface area contributed by atoms with Crippen LogP contribution in [0.25, 0.3) is 0 Å². The van der Waals surface area contributed by atoms with Crippen LogP contribution in [-0.4, -0.2) is 73.2 Å². The Morgan fingerprint density at radius 1 is 0.923 bits per heavy atom. The quantitative estimate of drug-likeness (QED) is 0.447. The molecule has 0 spiro atoms. The third kappa shape index (κ3) is 6.93. The SMILES string of the molecule is CO[Si](CC[Si](C)(C)O[Si](C)(C)CC[Si]1(C)CC(C)CN1C)(OC)OC. The highest BCUT2D eigenvalue weighted by molar-refractivity contribution is 6.86. The minimum Gasteiger partial charge on any atom is -0.456 e. The molecule has 1 saturated heterocycles. The third-order valence-corrected chi connectivity index (χ3v) is 22.1. The summed E-state index contributed by atoms with van der Waals surface area (Å²) in [7, 11) is 0.224. The molecule has 2 atom stereocenters. The fourth-order valence-corrected chi connectivity index (χ4v) is 23.8. The number of rotatable bonds is 11. The second-order valence-electron chi connectivity index (χ2n) is 9.60. The highest BCUT2D eigenvalue weighted by Crippen LogP contribution is 2.36. The maximum atomic E-state index is 6.86. The molecule has 0 saturated carbocycles. The highest BCUT2D eigenvalue weighted by atomic mass is 28.4. The lowest BCUT2D eigenvalue weighted by molar-refractivity contribution is 0.125. The first-order valence-corrected chi connectivity index (χ1v) is 20.9. The van der Waals surface area contributed by atoms with E-state index in [4.69, 9.17) is 17.4 Å². The van der Waals surface area contributed by atoms with Gasteiger partial charge >= 0.3 is 8.80 Å². The molecule has 0 radical (unpaired) electrons. The maximum absolute atomic E-state index is 6.86. The van der Waals surface area contributed by atoms with Gasteiger partial charge in [-0.15, -0.1) is 0 Å². The van der Waals surface area contributed by atoms with E-state index in [9.17, 15) is 0 Å². The van der Waals surface area contributed by atoms with Crippen LogP contribution in [0.15, 0.2) is 0 Å². The van der Waals surface area contributed by atoms with E-state index >= 15 is 0 Å². The molecule has 0 amide bonds. The van der Waals surface area contributed by atoms with Crippen molar-refractivity contribution in [3.63, 3.8) is 0 Å². The zero-order chi connectivity index (χ0) is 20.2. The van der Waals surface area contributed by atoms with Crippen LogP contribution in [-0.2, 0) is 17.4 Å². The van der Waals surface area contributed by atoms with E-state index in [0.717, 1.165) is 18.0 Å². The van der Waals surface area contributed by atoms with Crippen molar-refractivity contribution in [2.75, 3.05) is 34.9 Å². The molecule has 0 aromatic carbocycles. The summed E-state index contributed by atoms with van der Waals surface area (Å²) in [6.45, 7) is 15.7. The molecule has 1 aliphatic rings. The van der Waals surface area contributed by atoms with Gasteiger partial charge in [0.2, 0.25) is 0 Å². The largest absolute Gasteiger partial charge is 0.499 e. The molecule has 156 valence electrons. The Hall–Kier alpha value is 0.668. The summed E-state index contributed by atoms with van der Waals surface area (Å²) < 4.78 is 26.3. The van der Waals surface area contributed by atoms with Gasteiger partial charge in [0.05, 0.1) is 0 Å². The van der Waals surface area contributed by atoms with Crippen LogP contribution in [0.2, 0.25) is 63.0 Å². The molecule has 0 aromatic heterocycles. The first-order valence-electron chi connectivity index (χ1n) is 9.89. The first-order chi connectivity index (χ1) is 11.8.